The van der Waals surface area contributed by atoms with Gasteiger partial charge in [-0.1, -0.05) is 23.2 Å². The van der Waals surface area contributed by atoms with Gasteiger partial charge in [0.25, 0.3) is 11.8 Å². The van der Waals surface area contributed by atoms with Crippen molar-refractivity contribution in [1.29, 1.82) is 0 Å². The molecule has 0 saturated carbocycles. The number of unbranched alkanes of at least 4 members (excludes halogenated alkanes) is 4. The van der Waals surface area contributed by atoms with E-state index in [1.165, 1.54) is 37.4 Å². The molecule has 294 valence electrons. The summed E-state index contributed by atoms with van der Waals surface area (Å²) < 4.78 is 40.9. The van der Waals surface area contributed by atoms with Crippen molar-refractivity contribution in [3.8, 4) is 22.6 Å². The number of carboxylic acids is 1. The quantitative estimate of drug-likeness (QED) is 0.0925. The van der Waals surface area contributed by atoms with E-state index in [1.54, 1.807) is 30.3 Å². The molecule has 2 fully saturated rings. The molecule has 2 amide bonds. The second-order valence-corrected chi connectivity index (χ2v) is 13.6. The van der Waals surface area contributed by atoms with Gasteiger partial charge < -0.3 is 39.3 Å². The van der Waals surface area contributed by atoms with E-state index < -0.39 is 5.97 Å². The maximum atomic E-state index is 13.0. The Balaban J connectivity index is 0.000000211. The van der Waals surface area contributed by atoms with E-state index in [0.29, 0.717) is 48.8 Å². The van der Waals surface area contributed by atoms with E-state index in [4.69, 9.17) is 18.9 Å². The summed E-state index contributed by atoms with van der Waals surface area (Å²) in [6, 6.07) is 14.6. The summed E-state index contributed by atoms with van der Waals surface area (Å²) in [5.74, 6) is -1.48. The number of nitrogens with one attached hydrogen (secondary N) is 2. The van der Waals surface area contributed by atoms with Crippen LogP contribution in [-0.2, 0) is 14.3 Å². The number of amides is 2. The summed E-state index contributed by atoms with van der Waals surface area (Å²) >= 11 is 0. The normalized spacial score (nSPS) is 14.6. The predicted octanol–water partition coefficient (Wildman–Crippen LogP) is 4.88. The van der Waals surface area contributed by atoms with Gasteiger partial charge in [-0.25, -0.2) is 8.78 Å². The minimum atomic E-state index is -0.718. The Kier molecular flexibility index (Phi) is 15.0. The summed E-state index contributed by atoms with van der Waals surface area (Å²) in [4.78, 5) is 50.6. The molecule has 0 unspecified atom stereocenters. The van der Waals surface area contributed by atoms with Crippen LogP contribution in [0.2, 0.25) is 0 Å². The first kappa shape index (κ1) is 40.7. The van der Waals surface area contributed by atoms with Crippen LogP contribution in [-0.4, -0.2) is 108 Å². The van der Waals surface area contributed by atoms with Crippen LogP contribution in [0.25, 0.3) is 22.6 Å². The summed E-state index contributed by atoms with van der Waals surface area (Å²) in [7, 11) is 1.42. The molecule has 2 aliphatic rings. The topological polar surface area (TPSA) is 180 Å². The number of halogens is 2. The van der Waals surface area contributed by atoms with Crippen molar-refractivity contribution in [3.05, 3.63) is 83.7 Å². The fourth-order valence-corrected chi connectivity index (χ4v) is 6.10. The highest BCUT2D eigenvalue weighted by Crippen LogP contribution is 2.22. The smallest absolute Gasteiger partial charge is 0.311 e. The number of aliphatic carboxylic acids is 1. The molecular formula is C39H46F2N6O8. The lowest BCUT2D eigenvalue weighted by atomic mass is 10.00. The molecule has 2 saturated heterocycles. The molecule has 0 spiro atoms. The summed E-state index contributed by atoms with van der Waals surface area (Å²) in [6.07, 6.45) is 5.63. The Hall–Kier alpha value is -5.48. The minimum Gasteiger partial charge on any atom is -0.481 e. The monoisotopic (exact) mass is 764 g/mol. The molecule has 0 bridgehead atoms. The fourth-order valence-electron chi connectivity index (χ4n) is 6.10. The number of benzene rings is 2. The van der Waals surface area contributed by atoms with E-state index in [2.05, 4.69) is 30.7 Å². The number of hydrogen-bond donors (Lipinski definition) is 3. The van der Waals surface area contributed by atoms with Crippen molar-refractivity contribution in [2.24, 2.45) is 11.8 Å². The first-order valence-electron chi connectivity index (χ1n) is 18.4. The Morgan fingerprint density at radius 2 is 1.11 bits per heavy atom. The molecule has 6 rings (SSSR count). The van der Waals surface area contributed by atoms with Gasteiger partial charge in [0, 0.05) is 62.5 Å². The first-order chi connectivity index (χ1) is 26.6. The van der Waals surface area contributed by atoms with Gasteiger partial charge in [-0.15, -0.1) is 0 Å². The van der Waals surface area contributed by atoms with Gasteiger partial charge in [-0.3, -0.25) is 19.2 Å². The van der Waals surface area contributed by atoms with Gasteiger partial charge in [0.2, 0.25) is 0 Å². The zero-order chi connectivity index (χ0) is 39.2. The summed E-state index contributed by atoms with van der Waals surface area (Å²) in [5, 5.41) is 22.0. The van der Waals surface area contributed by atoms with E-state index in [1.807, 2.05) is 0 Å². The third-order valence-corrected chi connectivity index (χ3v) is 9.41. The Morgan fingerprint density at radius 3 is 1.51 bits per heavy atom. The van der Waals surface area contributed by atoms with Crippen LogP contribution in [0, 0.1) is 23.5 Å². The maximum Gasteiger partial charge on any atom is 0.311 e. The number of nitrogens with zero attached hydrogens (tertiary/aromatic N) is 4. The lowest BCUT2D eigenvalue weighted by Gasteiger charge is -2.37. The molecule has 4 aromatic rings. The second kappa shape index (κ2) is 20.3. The van der Waals surface area contributed by atoms with Crippen LogP contribution < -0.4 is 10.6 Å². The highest BCUT2D eigenvalue weighted by Gasteiger charge is 2.33. The molecule has 14 nitrogen and oxygen atoms in total. The molecule has 2 aliphatic heterocycles. The summed E-state index contributed by atoms with van der Waals surface area (Å²) in [5.41, 5.74) is 1.70. The molecule has 0 radical (unpaired) electrons. The Labute approximate surface area is 317 Å². The highest BCUT2D eigenvalue weighted by atomic mass is 19.1. The molecule has 2 aromatic heterocycles. The third-order valence-electron chi connectivity index (χ3n) is 9.41. The number of ether oxygens (including phenoxy) is 1. The van der Waals surface area contributed by atoms with Crippen LogP contribution >= 0.6 is 0 Å². The number of carbonyl (C=O) groups is 4. The number of likely N-dealkylation sites (tertiary alicyclic amines) is 2. The molecule has 0 atom stereocenters. The van der Waals surface area contributed by atoms with E-state index in [-0.39, 0.29) is 52.6 Å². The van der Waals surface area contributed by atoms with Crippen molar-refractivity contribution in [1.82, 2.24) is 30.7 Å². The standard InChI is InChI=1S/C20H24FN3O4.C19H22FN3O4/c1-27-20(26)15-12-24(13-15)10-4-2-3-9-22-19(25)17-11-18(28-23-17)14-5-7-16(21)8-6-14;20-15-6-4-13(5-7-15)17-10-16(22-27-17)18(24)21-8-2-1-3-9-23-11-14(12-23)19(25)26/h5-8,11,15H,2-4,9-10,12-13H2,1H3,(H,22,25);4-7,10,14H,1-3,8-9,11-12H2,(H,21,24)(H,25,26). The number of methoxy groups -OCH3 is 1. The SMILES string of the molecule is COC(=O)C1CN(CCCCCNC(=O)c2cc(-c3ccc(F)cc3)on2)C1.O=C(NCCCCCN1CC(C(=O)O)C1)c1cc(-c2ccc(F)cc2)on1. The van der Waals surface area contributed by atoms with E-state index in [0.717, 1.165) is 64.7 Å². The number of carboxylic acid groups (broad SMARTS) is 1. The van der Waals surface area contributed by atoms with Crippen LogP contribution in [0.15, 0.2) is 69.7 Å². The lowest BCUT2D eigenvalue weighted by molar-refractivity contribution is -0.151. The minimum absolute atomic E-state index is 0.0200. The van der Waals surface area contributed by atoms with Gasteiger partial charge >= 0.3 is 11.9 Å². The maximum absolute atomic E-state index is 13.0. The van der Waals surface area contributed by atoms with Crippen LogP contribution in [0.3, 0.4) is 0 Å². The average Bonchev–Trinajstić information content (AvgIpc) is 3.84. The molecular weight excluding hydrogens is 718 g/mol. The Morgan fingerprint density at radius 1 is 0.691 bits per heavy atom. The van der Waals surface area contributed by atoms with Gasteiger partial charge in [-0.05, 0) is 87.3 Å². The van der Waals surface area contributed by atoms with Gasteiger partial charge in [0.1, 0.15) is 11.6 Å². The zero-order valence-corrected chi connectivity index (χ0v) is 30.7. The van der Waals surface area contributed by atoms with Crippen molar-refractivity contribution in [3.63, 3.8) is 0 Å². The van der Waals surface area contributed by atoms with E-state index >= 15 is 0 Å². The molecule has 3 N–H and O–H groups in total. The van der Waals surface area contributed by atoms with Crippen molar-refractivity contribution in [2.75, 3.05) is 59.5 Å². The first-order valence-corrected chi connectivity index (χ1v) is 18.4. The van der Waals surface area contributed by atoms with Gasteiger partial charge in [-0.2, -0.15) is 0 Å². The van der Waals surface area contributed by atoms with Crippen molar-refractivity contribution in [2.45, 2.75) is 38.5 Å². The van der Waals surface area contributed by atoms with Crippen molar-refractivity contribution >= 4 is 23.8 Å². The number of hydrogen-bond acceptors (Lipinski definition) is 11. The van der Waals surface area contributed by atoms with Crippen LogP contribution in [0.4, 0.5) is 8.78 Å². The molecule has 4 heterocycles. The molecule has 55 heavy (non-hydrogen) atoms. The molecule has 16 heteroatoms. The fraction of sp³-hybridized carbons (Fsp3) is 0.436. The molecule has 2 aromatic carbocycles. The van der Waals surface area contributed by atoms with Crippen LogP contribution in [0.1, 0.15) is 59.5 Å². The number of rotatable bonds is 18. The third kappa shape index (κ3) is 12.3. The van der Waals surface area contributed by atoms with E-state index in [9.17, 15) is 28.0 Å². The van der Waals surface area contributed by atoms with Gasteiger partial charge in [0.05, 0.1) is 18.9 Å². The summed E-state index contributed by atoms with van der Waals surface area (Å²) in [6.45, 7) is 5.74. The average molecular weight is 765 g/mol. The molecule has 0 aliphatic carbocycles. The number of carbonyl (C=O) groups excluding carboxylic acids is 3. The Bertz CT molecular complexity index is 1850. The second-order valence-electron chi connectivity index (χ2n) is 13.6. The zero-order valence-electron chi connectivity index (χ0n) is 30.7. The predicted molar refractivity (Wildman–Crippen MR) is 196 cm³/mol. The highest BCUT2D eigenvalue weighted by molar-refractivity contribution is 5.93. The number of esters is 1. The number of aromatic nitrogens is 2. The lowest BCUT2D eigenvalue weighted by Crippen LogP contribution is -2.50. The van der Waals surface area contributed by atoms with Gasteiger partial charge in [0.15, 0.2) is 22.9 Å². The largest absolute Gasteiger partial charge is 0.481 e. The van der Waals surface area contributed by atoms with Crippen LogP contribution in [0.5, 0.6) is 0 Å². The van der Waals surface area contributed by atoms with Crippen molar-refractivity contribution < 1.29 is 46.8 Å².